The minimum atomic E-state index is -1.19. The van der Waals surface area contributed by atoms with E-state index in [1.807, 2.05) is 13.8 Å². The highest BCUT2D eigenvalue weighted by Crippen LogP contribution is 2.31. The monoisotopic (exact) mass is 311 g/mol. The number of anilines is 1. The second-order valence-electron chi connectivity index (χ2n) is 4.71. The van der Waals surface area contributed by atoms with Crippen molar-refractivity contribution in [2.45, 2.75) is 45.3 Å². The predicted molar refractivity (Wildman–Crippen MR) is 78.8 cm³/mol. The van der Waals surface area contributed by atoms with Crippen molar-refractivity contribution >= 4 is 17.0 Å². The Morgan fingerprint density at radius 1 is 1.27 bits per heavy atom. The van der Waals surface area contributed by atoms with Crippen molar-refractivity contribution in [2.24, 2.45) is 0 Å². The third-order valence-electron chi connectivity index (χ3n) is 3.35. The molecule has 0 radical (unpaired) electrons. The van der Waals surface area contributed by atoms with Gasteiger partial charge in [-0.15, -0.1) is 0 Å². The van der Waals surface area contributed by atoms with Crippen molar-refractivity contribution in [2.75, 3.05) is 12.3 Å². The third kappa shape index (κ3) is 2.63. The molecular formula is C13H21N5O4. The van der Waals surface area contributed by atoms with Gasteiger partial charge in [0.05, 0.1) is 12.9 Å². The van der Waals surface area contributed by atoms with Crippen LogP contribution in [0.2, 0.25) is 0 Å². The molecule has 1 aliphatic heterocycles. The van der Waals surface area contributed by atoms with Gasteiger partial charge in [-0.25, -0.2) is 15.0 Å². The maximum Gasteiger partial charge on any atom is 0.167 e. The topological polar surface area (TPSA) is 140 Å². The highest BCUT2D eigenvalue weighted by Gasteiger charge is 2.44. The molecule has 22 heavy (non-hydrogen) atoms. The molecule has 0 aliphatic carbocycles. The van der Waals surface area contributed by atoms with E-state index in [1.165, 1.54) is 10.9 Å². The van der Waals surface area contributed by atoms with Crippen LogP contribution in [0.3, 0.4) is 0 Å². The Hall–Kier alpha value is -1.81. The number of nitrogens with zero attached hydrogens (tertiary/aromatic N) is 4. The Labute approximate surface area is 127 Å². The zero-order chi connectivity index (χ0) is 16.4. The normalized spacial score (nSPS) is 27.7. The molecule has 0 aromatic carbocycles. The third-order valence-corrected chi connectivity index (χ3v) is 3.35. The summed E-state index contributed by atoms with van der Waals surface area (Å²) in [4.78, 5) is 12.3. The van der Waals surface area contributed by atoms with E-state index in [9.17, 15) is 10.2 Å². The summed E-state index contributed by atoms with van der Waals surface area (Å²) in [6, 6.07) is 0. The predicted octanol–water partition coefficient (Wildman–Crippen LogP) is -0.645. The fraction of sp³-hybridized carbons (Fsp3) is 0.615. The summed E-state index contributed by atoms with van der Waals surface area (Å²) in [5, 5.41) is 28.9. The molecule has 122 valence electrons. The molecule has 1 aliphatic rings. The lowest BCUT2D eigenvalue weighted by atomic mass is 10.1. The van der Waals surface area contributed by atoms with Gasteiger partial charge in [0.2, 0.25) is 0 Å². The molecule has 2 aromatic rings. The van der Waals surface area contributed by atoms with Gasteiger partial charge in [-0.3, -0.25) is 4.57 Å². The molecular weight excluding hydrogens is 290 g/mol. The molecule has 2 unspecified atom stereocenters. The van der Waals surface area contributed by atoms with Crippen molar-refractivity contribution < 1.29 is 20.1 Å². The Morgan fingerprint density at radius 2 is 1.95 bits per heavy atom. The van der Waals surface area contributed by atoms with Gasteiger partial charge in [0, 0.05) is 0 Å². The number of aliphatic hydroxyl groups excluding tert-OH is 3. The van der Waals surface area contributed by atoms with Gasteiger partial charge in [0.15, 0.2) is 17.7 Å². The molecule has 3 heterocycles. The zero-order valence-corrected chi connectivity index (χ0v) is 12.7. The van der Waals surface area contributed by atoms with E-state index in [2.05, 4.69) is 15.0 Å². The molecule has 0 spiro atoms. The van der Waals surface area contributed by atoms with Crippen molar-refractivity contribution in [3.63, 3.8) is 0 Å². The van der Waals surface area contributed by atoms with Crippen molar-refractivity contribution in [1.29, 1.82) is 0 Å². The lowest BCUT2D eigenvalue weighted by molar-refractivity contribution is -0.0511. The first-order valence-electron chi connectivity index (χ1n) is 7.12. The molecule has 9 heteroatoms. The van der Waals surface area contributed by atoms with Gasteiger partial charge >= 0.3 is 0 Å². The number of aliphatic hydroxyl groups is 3. The SMILES string of the molecule is CC.Cc1nc(N)c2ncn(C3OC(CO)[C@@H](O)[C@H]3O)c2n1. The second-order valence-corrected chi connectivity index (χ2v) is 4.71. The van der Waals surface area contributed by atoms with Crippen LogP contribution in [0.4, 0.5) is 5.82 Å². The number of aryl methyl sites for hydroxylation is 1. The number of aromatic nitrogens is 4. The highest BCUT2D eigenvalue weighted by molar-refractivity contribution is 5.81. The van der Waals surface area contributed by atoms with Gasteiger partial charge in [-0.1, -0.05) is 13.8 Å². The summed E-state index contributed by atoms with van der Waals surface area (Å²) in [5.41, 5.74) is 6.57. The zero-order valence-electron chi connectivity index (χ0n) is 12.7. The van der Waals surface area contributed by atoms with Crippen LogP contribution >= 0.6 is 0 Å². The van der Waals surface area contributed by atoms with Crippen LogP contribution in [0.25, 0.3) is 11.2 Å². The van der Waals surface area contributed by atoms with E-state index in [4.69, 9.17) is 15.6 Å². The molecule has 0 saturated carbocycles. The lowest BCUT2D eigenvalue weighted by Crippen LogP contribution is -2.33. The number of rotatable bonds is 2. The average molecular weight is 311 g/mol. The fourth-order valence-corrected chi connectivity index (χ4v) is 2.35. The van der Waals surface area contributed by atoms with Crippen LogP contribution in [0.15, 0.2) is 6.33 Å². The summed E-state index contributed by atoms with van der Waals surface area (Å²) >= 11 is 0. The molecule has 0 amide bonds. The summed E-state index contributed by atoms with van der Waals surface area (Å²) in [6.45, 7) is 5.29. The Bertz CT molecular complexity index is 647. The lowest BCUT2D eigenvalue weighted by Gasteiger charge is -2.16. The maximum atomic E-state index is 10.0. The number of nitrogens with two attached hydrogens (primary N) is 1. The molecule has 1 fully saturated rings. The van der Waals surface area contributed by atoms with E-state index in [0.717, 1.165) is 0 Å². The number of hydrogen-bond acceptors (Lipinski definition) is 8. The first-order valence-corrected chi connectivity index (χ1v) is 7.12. The summed E-state index contributed by atoms with van der Waals surface area (Å²) in [5.74, 6) is 0.696. The van der Waals surface area contributed by atoms with E-state index < -0.39 is 31.1 Å². The van der Waals surface area contributed by atoms with Crippen molar-refractivity contribution in [1.82, 2.24) is 19.5 Å². The minimum Gasteiger partial charge on any atom is -0.394 e. The Morgan fingerprint density at radius 3 is 2.55 bits per heavy atom. The van der Waals surface area contributed by atoms with Crippen molar-refractivity contribution in [3.05, 3.63) is 12.2 Å². The minimum absolute atomic E-state index is 0.234. The summed E-state index contributed by atoms with van der Waals surface area (Å²) in [7, 11) is 0. The van der Waals surface area contributed by atoms with Gasteiger partial charge < -0.3 is 25.8 Å². The van der Waals surface area contributed by atoms with Crippen LogP contribution in [-0.2, 0) is 4.74 Å². The average Bonchev–Trinajstić information content (AvgIpc) is 3.04. The molecule has 3 rings (SSSR count). The first-order chi connectivity index (χ1) is 10.5. The summed E-state index contributed by atoms with van der Waals surface area (Å²) in [6.07, 6.45) is -2.70. The number of fused-ring (bicyclic) bond motifs is 1. The van der Waals surface area contributed by atoms with E-state index in [1.54, 1.807) is 6.92 Å². The number of imidazole rings is 1. The van der Waals surface area contributed by atoms with Gasteiger partial charge in [-0.2, -0.15) is 0 Å². The van der Waals surface area contributed by atoms with Crippen LogP contribution in [0.5, 0.6) is 0 Å². The number of nitrogen functional groups attached to an aromatic ring is 1. The maximum absolute atomic E-state index is 10.0. The van der Waals surface area contributed by atoms with E-state index in [-0.39, 0.29) is 5.82 Å². The largest absolute Gasteiger partial charge is 0.394 e. The standard InChI is InChI=1S/C11H15N5O4.C2H6/c1-4-14-9(12)6-10(15-4)16(3-13-6)11-8(19)7(18)5(2-17)20-11;1-2/h3,5,7-8,11,17-19H,2H2,1H3,(H2,12,14,15);1-2H3/t5?,7-,8-,11?;/m1./s1. The molecule has 1 saturated heterocycles. The second kappa shape index (κ2) is 6.53. The molecule has 2 aromatic heterocycles. The van der Waals surface area contributed by atoms with Crippen molar-refractivity contribution in [3.8, 4) is 0 Å². The highest BCUT2D eigenvalue weighted by atomic mass is 16.6. The molecule has 4 atom stereocenters. The van der Waals surface area contributed by atoms with Gasteiger partial charge in [-0.05, 0) is 6.92 Å². The quantitative estimate of drug-likeness (QED) is 0.574. The molecule has 0 bridgehead atoms. The van der Waals surface area contributed by atoms with Crippen LogP contribution in [-0.4, -0.2) is 59.8 Å². The summed E-state index contributed by atoms with van der Waals surface area (Å²) < 4.78 is 6.92. The van der Waals surface area contributed by atoms with Gasteiger partial charge in [0.25, 0.3) is 0 Å². The van der Waals surface area contributed by atoms with Crippen LogP contribution < -0.4 is 5.73 Å². The number of hydrogen-bond donors (Lipinski definition) is 4. The van der Waals surface area contributed by atoms with E-state index in [0.29, 0.717) is 17.0 Å². The van der Waals surface area contributed by atoms with Crippen LogP contribution in [0.1, 0.15) is 25.9 Å². The Kier molecular flexibility index (Phi) is 4.91. The fourth-order valence-electron chi connectivity index (χ4n) is 2.35. The first kappa shape index (κ1) is 16.6. The number of ether oxygens (including phenoxy) is 1. The smallest absolute Gasteiger partial charge is 0.167 e. The van der Waals surface area contributed by atoms with Gasteiger partial charge in [0.1, 0.15) is 29.7 Å². The van der Waals surface area contributed by atoms with E-state index >= 15 is 0 Å². The Balaban J connectivity index is 0.000000847. The molecule has 5 N–H and O–H groups in total. The molecule has 9 nitrogen and oxygen atoms in total. The van der Waals surface area contributed by atoms with Crippen LogP contribution in [0, 0.1) is 6.92 Å².